The van der Waals surface area contributed by atoms with Crippen molar-refractivity contribution in [2.75, 3.05) is 6.54 Å². The minimum absolute atomic E-state index is 0.0647. The first-order valence-electron chi connectivity index (χ1n) is 9.67. The highest BCUT2D eigenvalue weighted by molar-refractivity contribution is 7.89. The highest BCUT2D eigenvalue weighted by Crippen LogP contribution is 2.29. The van der Waals surface area contributed by atoms with E-state index in [4.69, 9.17) is 4.74 Å². The largest absolute Gasteiger partial charge is 0.372 e. The summed E-state index contributed by atoms with van der Waals surface area (Å²) < 4.78 is 33.9. The number of carbonyl (C=O) groups excluding carboxylic acids is 1. The van der Waals surface area contributed by atoms with Gasteiger partial charge in [0.25, 0.3) is 0 Å². The molecule has 1 heterocycles. The lowest BCUT2D eigenvalue weighted by Gasteiger charge is -2.30. The first-order valence-corrected chi connectivity index (χ1v) is 11.1. The van der Waals surface area contributed by atoms with E-state index in [0.29, 0.717) is 13.0 Å². The first kappa shape index (κ1) is 20.7. The third kappa shape index (κ3) is 4.69. The van der Waals surface area contributed by atoms with Crippen molar-refractivity contribution in [2.24, 2.45) is 0 Å². The maximum Gasteiger partial charge on any atom is 0.243 e. The van der Waals surface area contributed by atoms with Gasteiger partial charge >= 0.3 is 0 Å². The number of ether oxygens (including phenoxy) is 1. The predicted molar refractivity (Wildman–Crippen MR) is 108 cm³/mol. The van der Waals surface area contributed by atoms with E-state index in [1.165, 1.54) is 4.31 Å². The number of carbonyl (C=O) groups is 1. The minimum atomic E-state index is -3.75. The molecule has 1 fully saturated rings. The van der Waals surface area contributed by atoms with Crippen LogP contribution in [0.3, 0.4) is 0 Å². The molecule has 0 unspecified atom stereocenters. The van der Waals surface area contributed by atoms with Gasteiger partial charge in [0.1, 0.15) is 5.78 Å². The third-order valence-electron chi connectivity index (χ3n) is 5.08. The normalized spacial score (nSPS) is 19.1. The van der Waals surface area contributed by atoms with Crippen molar-refractivity contribution in [1.82, 2.24) is 4.31 Å². The van der Waals surface area contributed by atoms with Crippen molar-refractivity contribution in [2.45, 2.75) is 56.8 Å². The summed E-state index contributed by atoms with van der Waals surface area (Å²) in [5, 5.41) is 0. The Morgan fingerprint density at radius 3 is 2.43 bits per heavy atom. The van der Waals surface area contributed by atoms with Crippen LogP contribution in [-0.2, 0) is 26.2 Å². The quantitative estimate of drug-likeness (QED) is 0.676. The molecule has 5 nitrogen and oxygen atoms in total. The Balaban J connectivity index is 1.83. The van der Waals surface area contributed by atoms with Crippen molar-refractivity contribution >= 4 is 15.8 Å². The summed E-state index contributed by atoms with van der Waals surface area (Å²) in [7, 11) is -3.75. The maximum atomic E-state index is 13.2. The molecule has 0 amide bonds. The fourth-order valence-electron chi connectivity index (χ4n) is 3.57. The van der Waals surface area contributed by atoms with Gasteiger partial charge in [-0.3, -0.25) is 4.79 Å². The Hall–Kier alpha value is -2.02. The zero-order valence-electron chi connectivity index (χ0n) is 16.4. The monoisotopic (exact) mass is 401 g/mol. The van der Waals surface area contributed by atoms with E-state index in [9.17, 15) is 13.2 Å². The van der Waals surface area contributed by atoms with Gasteiger partial charge in [-0.25, -0.2) is 8.42 Å². The summed E-state index contributed by atoms with van der Waals surface area (Å²) in [6, 6.07) is 16.1. The maximum absolute atomic E-state index is 13.2. The molecule has 0 aromatic heterocycles. The molecule has 2 aromatic carbocycles. The van der Waals surface area contributed by atoms with Gasteiger partial charge in [-0.15, -0.1) is 0 Å². The smallest absolute Gasteiger partial charge is 0.243 e. The molecule has 2 aromatic rings. The molecule has 0 radical (unpaired) electrons. The van der Waals surface area contributed by atoms with Crippen molar-refractivity contribution in [3.05, 3.63) is 65.7 Å². The molecular formula is C22H27NO4S. The second-order valence-electron chi connectivity index (χ2n) is 7.30. The SMILES string of the molecule is CCC[C@H](OCc1ccccc1)[C@@H]1CC(=O)CN1S(=O)(=O)c1ccc(C)cc1. The average molecular weight is 402 g/mol. The summed E-state index contributed by atoms with van der Waals surface area (Å²) in [6.07, 6.45) is 1.43. The van der Waals surface area contributed by atoms with Crippen LogP contribution in [0.1, 0.15) is 37.3 Å². The van der Waals surface area contributed by atoms with Gasteiger partial charge < -0.3 is 4.74 Å². The summed E-state index contributed by atoms with van der Waals surface area (Å²) >= 11 is 0. The molecule has 1 saturated heterocycles. The predicted octanol–water partition coefficient (Wildman–Crippen LogP) is 3.71. The molecule has 150 valence electrons. The number of sulfonamides is 1. The van der Waals surface area contributed by atoms with Crippen LogP contribution in [0, 0.1) is 6.92 Å². The van der Waals surface area contributed by atoms with Crippen LogP contribution in [0.4, 0.5) is 0 Å². The molecule has 2 atom stereocenters. The number of rotatable bonds is 8. The van der Waals surface area contributed by atoms with Gasteiger partial charge in [-0.05, 0) is 31.0 Å². The van der Waals surface area contributed by atoms with Gasteiger partial charge in [0.2, 0.25) is 10.0 Å². The molecule has 0 spiro atoms. The number of hydrogen-bond acceptors (Lipinski definition) is 4. The van der Waals surface area contributed by atoms with E-state index in [2.05, 4.69) is 0 Å². The van der Waals surface area contributed by atoms with Crippen LogP contribution in [0.5, 0.6) is 0 Å². The van der Waals surface area contributed by atoms with Crippen LogP contribution < -0.4 is 0 Å². The fraction of sp³-hybridized carbons (Fsp3) is 0.409. The molecule has 6 heteroatoms. The number of ketones is 1. The summed E-state index contributed by atoms with van der Waals surface area (Å²) in [5.74, 6) is -0.0647. The Labute approximate surface area is 167 Å². The van der Waals surface area contributed by atoms with Crippen LogP contribution >= 0.6 is 0 Å². The van der Waals surface area contributed by atoms with E-state index in [1.54, 1.807) is 24.3 Å². The minimum Gasteiger partial charge on any atom is -0.372 e. The zero-order chi connectivity index (χ0) is 20.1. The first-order chi connectivity index (χ1) is 13.4. The van der Waals surface area contributed by atoms with Crippen molar-refractivity contribution in [3.8, 4) is 0 Å². The molecule has 0 N–H and O–H groups in total. The summed E-state index contributed by atoms with van der Waals surface area (Å²) in [6.45, 7) is 4.26. The Morgan fingerprint density at radius 2 is 1.79 bits per heavy atom. The molecule has 0 bridgehead atoms. The van der Waals surface area contributed by atoms with E-state index < -0.39 is 16.1 Å². The van der Waals surface area contributed by atoms with Gasteiger partial charge in [0, 0.05) is 6.42 Å². The molecule has 0 aliphatic carbocycles. The van der Waals surface area contributed by atoms with E-state index in [0.717, 1.165) is 17.5 Å². The Bertz CT molecular complexity index is 894. The standard InChI is InChI=1S/C22H27NO4S/c1-3-7-22(27-16-18-8-5-4-6-9-18)21-14-19(24)15-23(21)28(25,26)20-12-10-17(2)11-13-20/h4-6,8-13,21-22H,3,7,14-16H2,1-2H3/t21-,22-/m0/s1. The fourth-order valence-corrected chi connectivity index (χ4v) is 5.20. The molecule has 1 aliphatic rings. The highest BCUT2D eigenvalue weighted by atomic mass is 32.2. The van der Waals surface area contributed by atoms with Crippen molar-refractivity contribution in [3.63, 3.8) is 0 Å². The van der Waals surface area contributed by atoms with Gasteiger partial charge in [0.15, 0.2) is 0 Å². The average Bonchev–Trinajstić information content (AvgIpc) is 3.09. The van der Waals surface area contributed by atoms with E-state index >= 15 is 0 Å². The van der Waals surface area contributed by atoms with E-state index in [-0.39, 0.29) is 29.7 Å². The number of benzene rings is 2. The van der Waals surface area contributed by atoms with Crippen molar-refractivity contribution in [1.29, 1.82) is 0 Å². The molecular weight excluding hydrogens is 374 g/mol. The number of hydrogen-bond donors (Lipinski definition) is 0. The Kier molecular flexibility index (Phi) is 6.65. The van der Waals surface area contributed by atoms with Crippen molar-refractivity contribution < 1.29 is 17.9 Å². The number of nitrogens with zero attached hydrogens (tertiary/aromatic N) is 1. The van der Waals surface area contributed by atoms with E-state index in [1.807, 2.05) is 44.2 Å². The van der Waals surface area contributed by atoms with Gasteiger partial charge in [-0.1, -0.05) is 61.4 Å². The number of Topliss-reactive ketones (excluding diaryl/α,β-unsaturated/α-hetero) is 1. The molecule has 3 rings (SSSR count). The lowest BCUT2D eigenvalue weighted by molar-refractivity contribution is -0.116. The van der Waals surface area contributed by atoms with Gasteiger partial charge in [0.05, 0.1) is 30.2 Å². The second kappa shape index (κ2) is 8.99. The van der Waals surface area contributed by atoms with Crippen LogP contribution in [0.25, 0.3) is 0 Å². The lowest BCUT2D eigenvalue weighted by Crippen LogP contribution is -2.43. The molecule has 28 heavy (non-hydrogen) atoms. The third-order valence-corrected chi connectivity index (χ3v) is 6.96. The van der Waals surface area contributed by atoms with Crippen LogP contribution in [-0.4, -0.2) is 37.2 Å². The molecule has 1 aliphatic heterocycles. The van der Waals surface area contributed by atoms with Crippen LogP contribution in [0.15, 0.2) is 59.5 Å². The number of aryl methyl sites for hydroxylation is 1. The zero-order valence-corrected chi connectivity index (χ0v) is 17.2. The molecule has 0 saturated carbocycles. The topological polar surface area (TPSA) is 63.7 Å². The lowest BCUT2D eigenvalue weighted by atomic mass is 10.0. The Morgan fingerprint density at radius 1 is 1.11 bits per heavy atom. The van der Waals surface area contributed by atoms with Crippen LogP contribution in [0.2, 0.25) is 0 Å². The summed E-state index contributed by atoms with van der Waals surface area (Å²) in [4.78, 5) is 12.4. The second-order valence-corrected chi connectivity index (χ2v) is 9.19. The summed E-state index contributed by atoms with van der Waals surface area (Å²) in [5.41, 5.74) is 2.02. The van der Waals surface area contributed by atoms with Gasteiger partial charge in [-0.2, -0.15) is 4.31 Å². The highest BCUT2D eigenvalue weighted by Gasteiger charge is 2.43.